The lowest BCUT2D eigenvalue weighted by molar-refractivity contribution is -0.150. The van der Waals surface area contributed by atoms with Crippen LogP contribution >= 0.6 is 15.9 Å². The molecule has 1 fully saturated rings. The SMILES string of the molecule is NC(=O)c1ccc(Br)cc1NCC1(C(=O)O)CCCCC1. The number of halogens is 1. The van der Waals surface area contributed by atoms with Gasteiger partial charge in [0.15, 0.2) is 0 Å². The van der Waals surface area contributed by atoms with Crippen molar-refractivity contribution in [2.45, 2.75) is 32.1 Å². The normalized spacial score (nSPS) is 17.2. The zero-order valence-corrected chi connectivity index (χ0v) is 13.3. The molecule has 0 heterocycles. The summed E-state index contributed by atoms with van der Waals surface area (Å²) < 4.78 is 0.808. The summed E-state index contributed by atoms with van der Waals surface area (Å²) in [6.45, 7) is 0.305. The molecule has 1 aromatic rings. The van der Waals surface area contributed by atoms with Crippen molar-refractivity contribution in [3.8, 4) is 0 Å². The van der Waals surface area contributed by atoms with E-state index in [2.05, 4.69) is 21.2 Å². The van der Waals surface area contributed by atoms with E-state index in [1.807, 2.05) is 0 Å². The van der Waals surface area contributed by atoms with E-state index < -0.39 is 17.3 Å². The molecular formula is C15H19BrN2O3. The van der Waals surface area contributed by atoms with Gasteiger partial charge < -0.3 is 16.2 Å². The minimum absolute atomic E-state index is 0.305. The van der Waals surface area contributed by atoms with Crippen molar-refractivity contribution in [3.05, 3.63) is 28.2 Å². The first-order valence-electron chi connectivity index (χ1n) is 7.01. The van der Waals surface area contributed by atoms with E-state index in [9.17, 15) is 14.7 Å². The lowest BCUT2D eigenvalue weighted by Gasteiger charge is -2.33. The summed E-state index contributed by atoms with van der Waals surface area (Å²) in [6.07, 6.45) is 4.26. The van der Waals surface area contributed by atoms with Crippen molar-refractivity contribution in [1.82, 2.24) is 0 Å². The van der Waals surface area contributed by atoms with Gasteiger partial charge in [0.25, 0.3) is 5.91 Å². The molecule has 0 spiro atoms. The lowest BCUT2D eigenvalue weighted by Crippen LogP contribution is -2.40. The molecule has 1 aliphatic carbocycles. The fourth-order valence-electron chi connectivity index (χ4n) is 2.84. The minimum Gasteiger partial charge on any atom is -0.481 e. The van der Waals surface area contributed by atoms with Crippen LogP contribution < -0.4 is 11.1 Å². The number of nitrogens with one attached hydrogen (secondary N) is 1. The number of primary amides is 1. The number of carboxylic acid groups (broad SMARTS) is 1. The first-order valence-corrected chi connectivity index (χ1v) is 7.80. The van der Waals surface area contributed by atoms with Crippen LogP contribution in [0.25, 0.3) is 0 Å². The second kappa shape index (κ2) is 6.47. The van der Waals surface area contributed by atoms with Crippen LogP contribution in [0.15, 0.2) is 22.7 Å². The summed E-state index contributed by atoms with van der Waals surface area (Å²) in [5.41, 5.74) is 5.54. The fraction of sp³-hybridized carbons (Fsp3) is 0.467. The molecule has 0 unspecified atom stereocenters. The van der Waals surface area contributed by atoms with Crippen LogP contribution in [-0.2, 0) is 4.79 Å². The molecule has 0 saturated heterocycles. The number of benzene rings is 1. The van der Waals surface area contributed by atoms with E-state index in [0.29, 0.717) is 30.6 Å². The predicted octanol–water partition coefficient (Wildman–Crippen LogP) is 3.00. The van der Waals surface area contributed by atoms with Crippen LogP contribution in [0, 0.1) is 5.41 Å². The summed E-state index contributed by atoms with van der Waals surface area (Å²) >= 11 is 3.35. The molecule has 114 valence electrons. The Kier molecular flexibility index (Phi) is 4.88. The largest absolute Gasteiger partial charge is 0.481 e. The number of hydrogen-bond acceptors (Lipinski definition) is 3. The Morgan fingerprint density at radius 3 is 2.52 bits per heavy atom. The Balaban J connectivity index is 2.19. The third-order valence-corrected chi connectivity index (χ3v) is 4.62. The van der Waals surface area contributed by atoms with E-state index in [4.69, 9.17) is 5.73 Å². The van der Waals surface area contributed by atoms with Crippen molar-refractivity contribution in [1.29, 1.82) is 0 Å². The molecule has 1 aromatic carbocycles. The number of amides is 1. The highest BCUT2D eigenvalue weighted by Crippen LogP contribution is 2.37. The topological polar surface area (TPSA) is 92.4 Å². The number of rotatable bonds is 5. The van der Waals surface area contributed by atoms with Gasteiger partial charge in [-0.15, -0.1) is 0 Å². The second-order valence-corrected chi connectivity index (χ2v) is 6.47. The van der Waals surface area contributed by atoms with Crippen molar-refractivity contribution in [3.63, 3.8) is 0 Å². The van der Waals surface area contributed by atoms with Gasteiger partial charge in [-0.3, -0.25) is 9.59 Å². The molecule has 0 aromatic heterocycles. The lowest BCUT2D eigenvalue weighted by atomic mass is 9.74. The minimum atomic E-state index is -0.773. The van der Waals surface area contributed by atoms with Crippen LogP contribution in [-0.4, -0.2) is 23.5 Å². The van der Waals surface area contributed by atoms with Crippen LogP contribution in [0.5, 0.6) is 0 Å². The van der Waals surface area contributed by atoms with E-state index in [0.717, 1.165) is 23.7 Å². The predicted molar refractivity (Wildman–Crippen MR) is 84.3 cm³/mol. The molecular weight excluding hydrogens is 336 g/mol. The van der Waals surface area contributed by atoms with Gasteiger partial charge in [0.05, 0.1) is 11.0 Å². The van der Waals surface area contributed by atoms with E-state index in [1.54, 1.807) is 18.2 Å². The average molecular weight is 355 g/mol. The van der Waals surface area contributed by atoms with E-state index in [-0.39, 0.29) is 0 Å². The first-order chi connectivity index (χ1) is 9.94. The maximum absolute atomic E-state index is 11.6. The first kappa shape index (κ1) is 15.8. The van der Waals surface area contributed by atoms with Crippen molar-refractivity contribution in [2.24, 2.45) is 11.1 Å². The molecule has 6 heteroatoms. The Morgan fingerprint density at radius 1 is 1.29 bits per heavy atom. The number of carboxylic acids is 1. The zero-order valence-electron chi connectivity index (χ0n) is 11.7. The molecule has 4 N–H and O–H groups in total. The maximum atomic E-state index is 11.6. The van der Waals surface area contributed by atoms with Gasteiger partial charge in [0.1, 0.15) is 0 Å². The number of hydrogen-bond donors (Lipinski definition) is 3. The van der Waals surface area contributed by atoms with Gasteiger partial charge in [-0.05, 0) is 31.0 Å². The second-order valence-electron chi connectivity index (χ2n) is 5.55. The summed E-state index contributed by atoms with van der Waals surface area (Å²) in [6, 6.07) is 5.11. The highest BCUT2D eigenvalue weighted by Gasteiger charge is 2.39. The zero-order chi connectivity index (χ0) is 15.5. The summed E-state index contributed by atoms with van der Waals surface area (Å²) in [5, 5.41) is 12.7. The average Bonchev–Trinajstić information content (AvgIpc) is 2.45. The number of carbonyl (C=O) groups is 2. The third-order valence-electron chi connectivity index (χ3n) is 4.13. The highest BCUT2D eigenvalue weighted by atomic mass is 79.9. The number of nitrogens with two attached hydrogens (primary N) is 1. The molecule has 1 amide bonds. The standard InChI is InChI=1S/C15H19BrN2O3/c16-10-4-5-11(13(17)19)12(8-10)18-9-15(14(20)21)6-2-1-3-7-15/h4-5,8,18H,1-3,6-7,9H2,(H2,17,19)(H,20,21). The van der Waals surface area contributed by atoms with Gasteiger partial charge in [-0.2, -0.15) is 0 Å². The Labute approximate surface area is 132 Å². The molecule has 5 nitrogen and oxygen atoms in total. The van der Waals surface area contributed by atoms with Crippen molar-refractivity contribution in [2.75, 3.05) is 11.9 Å². The number of carbonyl (C=O) groups excluding carboxylic acids is 1. The summed E-state index contributed by atoms with van der Waals surface area (Å²) in [4.78, 5) is 23.1. The molecule has 0 radical (unpaired) electrons. The Morgan fingerprint density at radius 2 is 1.95 bits per heavy atom. The Hall–Kier alpha value is -1.56. The summed E-state index contributed by atoms with van der Waals surface area (Å²) in [5.74, 6) is -1.30. The Bertz CT molecular complexity index is 554. The van der Waals surface area contributed by atoms with E-state index in [1.165, 1.54) is 0 Å². The molecule has 0 atom stereocenters. The van der Waals surface area contributed by atoms with Gasteiger partial charge >= 0.3 is 5.97 Å². The van der Waals surface area contributed by atoms with Gasteiger partial charge in [-0.25, -0.2) is 0 Å². The maximum Gasteiger partial charge on any atom is 0.311 e. The molecule has 0 bridgehead atoms. The number of aliphatic carboxylic acids is 1. The van der Waals surface area contributed by atoms with Gasteiger partial charge in [-0.1, -0.05) is 35.2 Å². The smallest absolute Gasteiger partial charge is 0.311 e. The highest BCUT2D eigenvalue weighted by molar-refractivity contribution is 9.10. The van der Waals surface area contributed by atoms with E-state index >= 15 is 0 Å². The third kappa shape index (κ3) is 3.56. The van der Waals surface area contributed by atoms with Gasteiger partial charge in [0.2, 0.25) is 0 Å². The number of anilines is 1. The molecule has 1 aliphatic rings. The van der Waals surface area contributed by atoms with Crippen molar-refractivity contribution >= 4 is 33.5 Å². The summed E-state index contributed by atoms with van der Waals surface area (Å²) in [7, 11) is 0. The molecule has 1 saturated carbocycles. The molecule has 0 aliphatic heterocycles. The van der Waals surface area contributed by atoms with Crippen LogP contribution in [0.4, 0.5) is 5.69 Å². The quantitative estimate of drug-likeness (QED) is 0.757. The fourth-order valence-corrected chi connectivity index (χ4v) is 3.20. The van der Waals surface area contributed by atoms with Crippen molar-refractivity contribution < 1.29 is 14.7 Å². The molecule has 2 rings (SSSR count). The monoisotopic (exact) mass is 354 g/mol. The van der Waals surface area contributed by atoms with Crippen LogP contribution in [0.1, 0.15) is 42.5 Å². The van der Waals surface area contributed by atoms with Gasteiger partial charge in [0, 0.05) is 16.7 Å². The molecule has 21 heavy (non-hydrogen) atoms. The van der Waals surface area contributed by atoms with Crippen LogP contribution in [0.3, 0.4) is 0 Å². The van der Waals surface area contributed by atoms with Crippen LogP contribution in [0.2, 0.25) is 0 Å².